The van der Waals surface area contributed by atoms with Gasteiger partial charge in [-0.2, -0.15) is 0 Å². The van der Waals surface area contributed by atoms with E-state index < -0.39 is 20.1 Å². The summed E-state index contributed by atoms with van der Waals surface area (Å²) >= 11 is 19.4. The highest BCUT2D eigenvalue weighted by atomic mass is 79.9. The number of carbonyl (C=O) groups excluding carboxylic acids is 1. The first kappa shape index (κ1) is 15.0. The lowest BCUT2D eigenvalue weighted by Crippen LogP contribution is -2.43. The number of aliphatic hydroxyl groups is 1. The van der Waals surface area contributed by atoms with Crippen LogP contribution in [0.4, 0.5) is 0 Å². The zero-order chi connectivity index (χ0) is 11.7. The van der Waals surface area contributed by atoms with Crippen LogP contribution in [-0.4, -0.2) is 25.6 Å². The fourth-order valence-corrected chi connectivity index (χ4v) is 2.64. The molecular formula is C8H12BrCl3O2. The van der Waals surface area contributed by atoms with Crippen molar-refractivity contribution in [2.45, 2.75) is 35.5 Å². The van der Waals surface area contributed by atoms with Gasteiger partial charge in [0.15, 0.2) is 5.78 Å². The first-order chi connectivity index (χ1) is 5.98. The van der Waals surface area contributed by atoms with E-state index in [2.05, 4.69) is 15.9 Å². The number of aliphatic hydroxyl groups excluding tert-OH is 1. The van der Waals surface area contributed by atoms with Gasteiger partial charge in [-0.25, -0.2) is 0 Å². The van der Waals surface area contributed by atoms with E-state index in [9.17, 15) is 9.90 Å². The lowest BCUT2D eigenvalue weighted by Gasteiger charge is -2.27. The highest BCUT2D eigenvalue weighted by molar-refractivity contribution is 9.10. The topological polar surface area (TPSA) is 37.3 Å². The molecule has 0 heterocycles. The summed E-state index contributed by atoms with van der Waals surface area (Å²) in [6.07, 6.45) is -1.36. The Labute approximate surface area is 107 Å². The molecule has 0 aliphatic heterocycles. The fourth-order valence-electron chi connectivity index (χ4n) is 0.723. The molecule has 1 N–H and O–H groups in total. The van der Waals surface area contributed by atoms with Gasteiger partial charge in [-0.3, -0.25) is 4.79 Å². The molecular weight excluding hydrogens is 314 g/mol. The summed E-state index contributed by atoms with van der Waals surface area (Å²) in [4.78, 5) is 10.8. The Bertz CT molecular complexity index is 220. The van der Waals surface area contributed by atoms with Crippen molar-refractivity contribution in [3.8, 4) is 0 Å². The first-order valence-electron chi connectivity index (χ1n) is 3.91. The Morgan fingerprint density at radius 2 is 1.64 bits per heavy atom. The van der Waals surface area contributed by atoms with Crippen LogP contribution in [0.5, 0.6) is 0 Å². The SMILES string of the molecule is CC(C)(C)C(=O)[C@H](Br)[C@H](O)C(Cl)(Cl)Cl. The summed E-state index contributed by atoms with van der Waals surface area (Å²) in [5.41, 5.74) is -0.592. The van der Waals surface area contributed by atoms with Crippen molar-refractivity contribution < 1.29 is 9.90 Å². The molecule has 6 heteroatoms. The Balaban J connectivity index is 4.65. The molecule has 0 aromatic carbocycles. The van der Waals surface area contributed by atoms with Crippen LogP contribution in [0, 0.1) is 5.41 Å². The molecule has 84 valence electrons. The van der Waals surface area contributed by atoms with Crippen LogP contribution in [0.3, 0.4) is 0 Å². The van der Waals surface area contributed by atoms with Crippen molar-refractivity contribution in [1.82, 2.24) is 0 Å². The third kappa shape index (κ3) is 4.23. The van der Waals surface area contributed by atoms with Crippen LogP contribution >= 0.6 is 50.7 Å². The Kier molecular flexibility index (Phi) is 5.22. The average Bonchev–Trinajstić information content (AvgIpc) is 1.97. The van der Waals surface area contributed by atoms with Crippen LogP contribution in [0.1, 0.15) is 20.8 Å². The maximum absolute atomic E-state index is 11.7. The predicted octanol–water partition coefficient (Wildman–Crippen LogP) is 3.10. The molecule has 2 atom stereocenters. The zero-order valence-electron chi connectivity index (χ0n) is 8.02. The van der Waals surface area contributed by atoms with Gasteiger partial charge in [0.2, 0.25) is 3.79 Å². The minimum absolute atomic E-state index is 0.212. The molecule has 0 aromatic rings. The number of hydrogen-bond donors (Lipinski definition) is 1. The third-order valence-corrected chi connectivity index (χ3v) is 3.19. The largest absolute Gasteiger partial charge is 0.387 e. The summed E-state index contributed by atoms with van der Waals surface area (Å²) in [6.45, 7) is 5.19. The van der Waals surface area contributed by atoms with Crippen molar-refractivity contribution >= 4 is 56.5 Å². The lowest BCUT2D eigenvalue weighted by molar-refractivity contribution is -0.127. The Morgan fingerprint density at radius 3 is 1.86 bits per heavy atom. The second-order valence-corrected chi connectivity index (χ2v) is 7.36. The van der Waals surface area contributed by atoms with Gasteiger partial charge in [-0.15, -0.1) is 0 Å². The van der Waals surface area contributed by atoms with Gasteiger partial charge in [-0.1, -0.05) is 71.5 Å². The van der Waals surface area contributed by atoms with Crippen molar-refractivity contribution in [3.63, 3.8) is 0 Å². The van der Waals surface area contributed by atoms with Crippen molar-refractivity contribution in [2.24, 2.45) is 5.41 Å². The van der Waals surface area contributed by atoms with Crippen LogP contribution in [0.25, 0.3) is 0 Å². The van der Waals surface area contributed by atoms with Gasteiger partial charge in [0.25, 0.3) is 0 Å². The van der Waals surface area contributed by atoms with E-state index in [1.165, 1.54) is 0 Å². The molecule has 0 aromatic heterocycles. The molecule has 0 radical (unpaired) electrons. The summed E-state index contributed by atoms with van der Waals surface area (Å²) < 4.78 is -1.87. The minimum atomic E-state index is -1.87. The van der Waals surface area contributed by atoms with E-state index in [0.717, 1.165) is 0 Å². The van der Waals surface area contributed by atoms with Crippen LogP contribution in [-0.2, 0) is 4.79 Å². The van der Waals surface area contributed by atoms with Gasteiger partial charge in [0.05, 0.1) is 0 Å². The molecule has 14 heavy (non-hydrogen) atoms. The van der Waals surface area contributed by atoms with E-state index in [0.29, 0.717) is 0 Å². The van der Waals surface area contributed by atoms with Gasteiger partial charge >= 0.3 is 0 Å². The molecule has 0 unspecified atom stereocenters. The maximum atomic E-state index is 11.7. The number of hydrogen-bond acceptors (Lipinski definition) is 2. The summed E-state index contributed by atoms with van der Waals surface area (Å²) in [5.74, 6) is -0.212. The number of halogens is 4. The predicted molar refractivity (Wildman–Crippen MR) is 63.5 cm³/mol. The van der Waals surface area contributed by atoms with Crippen molar-refractivity contribution in [3.05, 3.63) is 0 Å². The first-order valence-corrected chi connectivity index (χ1v) is 5.96. The summed E-state index contributed by atoms with van der Waals surface area (Å²) in [6, 6.07) is 0. The zero-order valence-corrected chi connectivity index (χ0v) is 11.9. The quantitative estimate of drug-likeness (QED) is 0.792. The second kappa shape index (κ2) is 4.88. The molecule has 2 nitrogen and oxygen atoms in total. The van der Waals surface area contributed by atoms with Crippen LogP contribution < -0.4 is 0 Å². The number of alkyl halides is 4. The summed E-state index contributed by atoms with van der Waals surface area (Å²) in [5, 5.41) is 9.52. The number of ketones is 1. The van der Waals surface area contributed by atoms with E-state index in [1.54, 1.807) is 20.8 Å². The molecule has 0 aliphatic rings. The standard InChI is InChI=1S/C8H12BrCl3O2/c1-7(2,3)5(13)4(9)6(14)8(10,11)12/h4,6,14H,1-3H3/t4-,6-/m0/s1. The van der Waals surface area contributed by atoms with Gasteiger partial charge in [0, 0.05) is 5.41 Å². The molecule has 0 aliphatic carbocycles. The minimum Gasteiger partial charge on any atom is -0.387 e. The highest BCUT2D eigenvalue weighted by Crippen LogP contribution is 2.36. The molecule has 0 amide bonds. The highest BCUT2D eigenvalue weighted by Gasteiger charge is 2.42. The molecule has 0 rings (SSSR count). The monoisotopic (exact) mass is 324 g/mol. The van der Waals surface area contributed by atoms with Gasteiger partial charge in [-0.05, 0) is 0 Å². The lowest BCUT2D eigenvalue weighted by atomic mass is 9.88. The maximum Gasteiger partial charge on any atom is 0.217 e. The summed E-state index contributed by atoms with van der Waals surface area (Å²) in [7, 11) is 0. The fraction of sp³-hybridized carbons (Fsp3) is 0.875. The van der Waals surface area contributed by atoms with Crippen molar-refractivity contribution in [2.75, 3.05) is 0 Å². The van der Waals surface area contributed by atoms with Gasteiger partial charge in [0.1, 0.15) is 10.9 Å². The smallest absolute Gasteiger partial charge is 0.217 e. The van der Waals surface area contributed by atoms with Crippen molar-refractivity contribution in [1.29, 1.82) is 0 Å². The van der Waals surface area contributed by atoms with E-state index in [-0.39, 0.29) is 5.78 Å². The number of carbonyl (C=O) groups is 1. The molecule has 0 fully saturated rings. The normalized spacial score (nSPS) is 17.7. The average molecular weight is 326 g/mol. The Morgan fingerprint density at radius 1 is 1.29 bits per heavy atom. The molecule has 0 spiro atoms. The third-order valence-electron chi connectivity index (χ3n) is 1.60. The molecule has 0 saturated heterocycles. The molecule has 0 bridgehead atoms. The van der Waals surface area contributed by atoms with E-state index >= 15 is 0 Å². The number of rotatable bonds is 2. The number of Topliss-reactive ketones (excluding diaryl/α,β-unsaturated/α-hetero) is 1. The van der Waals surface area contributed by atoms with E-state index in [4.69, 9.17) is 34.8 Å². The van der Waals surface area contributed by atoms with Crippen LogP contribution in [0.15, 0.2) is 0 Å². The Hall–Kier alpha value is 0.980. The van der Waals surface area contributed by atoms with Crippen LogP contribution in [0.2, 0.25) is 0 Å². The van der Waals surface area contributed by atoms with E-state index in [1.807, 2.05) is 0 Å². The molecule has 0 saturated carbocycles. The van der Waals surface area contributed by atoms with Gasteiger partial charge < -0.3 is 5.11 Å². The second-order valence-electron chi connectivity index (χ2n) is 4.00.